The Morgan fingerprint density at radius 3 is 2.52 bits per heavy atom. The van der Waals surface area contributed by atoms with Gasteiger partial charge in [0.25, 0.3) is 0 Å². The first-order valence-electron chi connectivity index (χ1n) is 8.06. The van der Waals surface area contributed by atoms with Crippen LogP contribution in [-0.4, -0.2) is 77.1 Å². The van der Waals surface area contributed by atoms with E-state index in [1.165, 1.54) is 12.8 Å². The summed E-state index contributed by atoms with van der Waals surface area (Å²) in [4.78, 5) is 7.05. The molecule has 0 aromatic rings. The molecule has 1 aliphatic carbocycles. The van der Waals surface area contributed by atoms with Crippen molar-refractivity contribution in [3.63, 3.8) is 0 Å². The number of nitrogens with one attached hydrogen (secondary N) is 2. The fourth-order valence-corrected chi connectivity index (χ4v) is 2.18. The molecule has 0 amide bonds. The van der Waals surface area contributed by atoms with Crippen molar-refractivity contribution in [3.8, 4) is 0 Å². The topological polar surface area (TPSA) is 58.1 Å². The summed E-state index contributed by atoms with van der Waals surface area (Å²) in [6.45, 7) is 8.29. The molecule has 2 N–H and O–H groups in total. The van der Waals surface area contributed by atoms with Crippen molar-refractivity contribution in [1.82, 2.24) is 15.5 Å². The van der Waals surface area contributed by atoms with E-state index in [4.69, 9.17) is 9.47 Å². The van der Waals surface area contributed by atoms with Crippen molar-refractivity contribution in [2.45, 2.75) is 32.2 Å². The van der Waals surface area contributed by atoms with Crippen molar-refractivity contribution in [2.75, 3.05) is 60.2 Å². The van der Waals surface area contributed by atoms with Crippen LogP contribution >= 0.6 is 0 Å². The molecule has 6 heteroatoms. The molecule has 21 heavy (non-hydrogen) atoms. The summed E-state index contributed by atoms with van der Waals surface area (Å²) in [5, 5.41) is 6.68. The molecule has 0 bridgehead atoms. The Balaban J connectivity index is 2.23. The molecular weight excluding hydrogens is 268 g/mol. The van der Waals surface area contributed by atoms with E-state index in [9.17, 15) is 0 Å². The number of guanidine groups is 1. The minimum absolute atomic E-state index is 0.759. The van der Waals surface area contributed by atoms with Crippen LogP contribution in [0.4, 0.5) is 0 Å². The first-order valence-corrected chi connectivity index (χ1v) is 8.06. The molecule has 0 aromatic carbocycles. The van der Waals surface area contributed by atoms with Crippen LogP contribution in [0.2, 0.25) is 0 Å². The highest BCUT2D eigenvalue weighted by Gasteiger charge is 2.28. The van der Waals surface area contributed by atoms with Gasteiger partial charge >= 0.3 is 0 Å². The third-order valence-electron chi connectivity index (χ3n) is 3.46. The van der Waals surface area contributed by atoms with Crippen LogP contribution in [0.15, 0.2) is 4.99 Å². The van der Waals surface area contributed by atoms with Gasteiger partial charge in [-0.3, -0.25) is 9.89 Å². The first-order chi connectivity index (χ1) is 10.3. The van der Waals surface area contributed by atoms with Crippen LogP contribution in [0, 0.1) is 0 Å². The maximum Gasteiger partial charge on any atom is 0.191 e. The molecule has 0 aliphatic heterocycles. The Morgan fingerprint density at radius 2 is 1.90 bits per heavy atom. The standard InChI is InChI=1S/C15H32N4O2/c1-4-16-15(17-8-5-12-20-2)18-9-10-19(11-13-21-3)14-6-7-14/h14H,4-13H2,1-3H3,(H2,16,17,18). The Bertz CT molecular complexity index is 283. The summed E-state index contributed by atoms with van der Waals surface area (Å²) in [7, 11) is 3.49. The van der Waals surface area contributed by atoms with E-state index in [2.05, 4.69) is 27.4 Å². The second kappa shape index (κ2) is 11.8. The van der Waals surface area contributed by atoms with Gasteiger partial charge in [-0.1, -0.05) is 0 Å². The molecule has 0 unspecified atom stereocenters. The third-order valence-corrected chi connectivity index (χ3v) is 3.46. The number of methoxy groups -OCH3 is 2. The van der Waals surface area contributed by atoms with Gasteiger partial charge in [0.05, 0.1) is 6.61 Å². The normalized spacial score (nSPS) is 15.5. The van der Waals surface area contributed by atoms with Crippen molar-refractivity contribution >= 4 is 5.96 Å². The van der Waals surface area contributed by atoms with Crippen molar-refractivity contribution in [1.29, 1.82) is 0 Å². The molecule has 1 saturated carbocycles. The smallest absolute Gasteiger partial charge is 0.191 e. The molecular formula is C15H32N4O2. The molecule has 1 fully saturated rings. The summed E-state index contributed by atoms with van der Waals surface area (Å²) in [5.41, 5.74) is 0. The molecule has 124 valence electrons. The highest BCUT2D eigenvalue weighted by molar-refractivity contribution is 5.79. The monoisotopic (exact) mass is 300 g/mol. The number of ether oxygens (including phenoxy) is 2. The maximum absolute atomic E-state index is 5.18. The lowest BCUT2D eigenvalue weighted by Gasteiger charge is -2.22. The molecule has 0 heterocycles. The maximum atomic E-state index is 5.18. The van der Waals surface area contributed by atoms with Gasteiger partial charge in [-0.15, -0.1) is 0 Å². The predicted octanol–water partition coefficient (Wildman–Crippen LogP) is 0.689. The lowest BCUT2D eigenvalue weighted by atomic mass is 10.4. The minimum Gasteiger partial charge on any atom is -0.385 e. The molecule has 0 radical (unpaired) electrons. The van der Waals surface area contributed by atoms with E-state index < -0.39 is 0 Å². The number of hydrogen-bond donors (Lipinski definition) is 2. The van der Waals surface area contributed by atoms with E-state index in [0.717, 1.165) is 64.4 Å². The number of aliphatic imine (C=N–C) groups is 1. The van der Waals surface area contributed by atoms with E-state index in [0.29, 0.717) is 0 Å². The number of nitrogens with zero attached hydrogens (tertiary/aromatic N) is 2. The van der Waals surface area contributed by atoms with Gasteiger partial charge < -0.3 is 20.1 Å². The first kappa shape index (κ1) is 18.2. The van der Waals surface area contributed by atoms with Crippen molar-refractivity contribution in [2.24, 2.45) is 4.99 Å². The average Bonchev–Trinajstić information content (AvgIpc) is 3.31. The van der Waals surface area contributed by atoms with E-state index in [-0.39, 0.29) is 0 Å². The summed E-state index contributed by atoms with van der Waals surface area (Å²) < 4.78 is 10.2. The van der Waals surface area contributed by atoms with Crippen LogP contribution in [0.1, 0.15) is 26.2 Å². The zero-order valence-electron chi connectivity index (χ0n) is 13.9. The van der Waals surface area contributed by atoms with E-state index in [1.807, 2.05) is 0 Å². The highest BCUT2D eigenvalue weighted by atomic mass is 16.5. The highest BCUT2D eigenvalue weighted by Crippen LogP contribution is 2.25. The molecule has 0 saturated heterocycles. The zero-order chi connectivity index (χ0) is 15.3. The molecule has 0 aromatic heterocycles. The Hall–Kier alpha value is -0.850. The fraction of sp³-hybridized carbons (Fsp3) is 0.933. The summed E-state index contributed by atoms with van der Waals surface area (Å²) >= 11 is 0. The molecule has 0 spiro atoms. The molecule has 6 nitrogen and oxygen atoms in total. The van der Waals surface area contributed by atoms with Crippen molar-refractivity contribution in [3.05, 3.63) is 0 Å². The van der Waals surface area contributed by atoms with Crippen LogP contribution < -0.4 is 10.6 Å². The Kier molecular flexibility index (Phi) is 10.2. The lowest BCUT2D eigenvalue weighted by Crippen LogP contribution is -2.42. The van der Waals surface area contributed by atoms with Gasteiger partial charge in [0, 0.05) is 59.6 Å². The number of hydrogen-bond acceptors (Lipinski definition) is 4. The average molecular weight is 300 g/mol. The Labute approximate surface area is 129 Å². The number of rotatable bonds is 12. The SMILES string of the molecule is CCNC(=NCCCOC)NCCN(CCOC)C1CC1. The van der Waals surface area contributed by atoms with Crippen LogP contribution in [-0.2, 0) is 9.47 Å². The van der Waals surface area contributed by atoms with Gasteiger partial charge in [-0.2, -0.15) is 0 Å². The quantitative estimate of drug-likeness (QED) is 0.315. The van der Waals surface area contributed by atoms with Gasteiger partial charge in [-0.05, 0) is 26.2 Å². The third kappa shape index (κ3) is 8.90. The van der Waals surface area contributed by atoms with Gasteiger partial charge in [0.2, 0.25) is 0 Å². The zero-order valence-corrected chi connectivity index (χ0v) is 13.9. The minimum atomic E-state index is 0.759. The van der Waals surface area contributed by atoms with Crippen molar-refractivity contribution < 1.29 is 9.47 Å². The lowest BCUT2D eigenvalue weighted by molar-refractivity contribution is 0.144. The van der Waals surface area contributed by atoms with E-state index in [1.54, 1.807) is 14.2 Å². The Morgan fingerprint density at radius 1 is 1.14 bits per heavy atom. The van der Waals surface area contributed by atoms with Gasteiger partial charge in [-0.25, -0.2) is 0 Å². The van der Waals surface area contributed by atoms with Gasteiger partial charge in [0.15, 0.2) is 5.96 Å². The van der Waals surface area contributed by atoms with Crippen LogP contribution in [0.25, 0.3) is 0 Å². The summed E-state index contributed by atoms with van der Waals surface area (Å²) in [5.74, 6) is 0.899. The molecule has 0 atom stereocenters. The largest absolute Gasteiger partial charge is 0.385 e. The van der Waals surface area contributed by atoms with E-state index >= 15 is 0 Å². The second-order valence-corrected chi connectivity index (χ2v) is 5.29. The second-order valence-electron chi connectivity index (χ2n) is 5.29. The summed E-state index contributed by atoms with van der Waals surface area (Å²) in [6.07, 6.45) is 3.61. The fourth-order valence-electron chi connectivity index (χ4n) is 2.18. The van der Waals surface area contributed by atoms with Crippen LogP contribution in [0.3, 0.4) is 0 Å². The van der Waals surface area contributed by atoms with Gasteiger partial charge in [0.1, 0.15) is 0 Å². The van der Waals surface area contributed by atoms with Crippen LogP contribution in [0.5, 0.6) is 0 Å². The summed E-state index contributed by atoms with van der Waals surface area (Å²) in [6, 6.07) is 0.767. The molecule has 1 aliphatic rings. The molecule has 1 rings (SSSR count). The predicted molar refractivity (Wildman–Crippen MR) is 86.9 cm³/mol.